The summed E-state index contributed by atoms with van der Waals surface area (Å²) in [6.07, 6.45) is 1.54. The highest BCUT2D eigenvalue weighted by Crippen LogP contribution is 2.26. The van der Waals surface area contributed by atoms with Crippen molar-refractivity contribution in [3.63, 3.8) is 0 Å². The number of hydrogen-bond acceptors (Lipinski definition) is 7. The number of anilines is 1. The van der Waals surface area contributed by atoms with Gasteiger partial charge < -0.3 is 10.6 Å². The van der Waals surface area contributed by atoms with Gasteiger partial charge in [-0.25, -0.2) is 4.98 Å². The molecule has 2 amide bonds. The standard InChI is InChI=1S/C21H19N9O2/c31-20-16(9-6-13-11-14(7-8-15(13)22-20)18-27-29-30-28-18)23-21(32)19-24-17(25-26-19)10-12-4-2-1-3-5-12/h1-5,7-8,11,16H,6,9-10H2,(H,22,31)(H,23,32)(H,24,25,26)(H,27,28,29,30)/t16-/m0/s1. The predicted molar refractivity (Wildman–Crippen MR) is 113 cm³/mol. The first-order valence-electron chi connectivity index (χ1n) is 10.1. The molecule has 0 fully saturated rings. The highest BCUT2D eigenvalue weighted by atomic mass is 16.2. The number of amides is 2. The molecule has 0 saturated heterocycles. The molecule has 11 nitrogen and oxygen atoms in total. The fourth-order valence-electron chi connectivity index (χ4n) is 3.62. The maximum absolute atomic E-state index is 12.7. The van der Waals surface area contributed by atoms with Crippen LogP contribution >= 0.6 is 0 Å². The van der Waals surface area contributed by atoms with Crippen LogP contribution in [0.1, 0.15) is 34.0 Å². The minimum atomic E-state index is -0.709. The first kappa shape index (κ1) is 19.5. The molecule has 0 radical (unpaired) electrons. The number of nitrogens with one attached hydrogen (secondary N) is 4. The Balaban J connectivity index is 1.26. The minimum Gasteiger partial charge on any atom is -0.337 e. The Morgan fingerprint density at radius 3 is 2.81 bits per heavy atom. The maximum Gasteiger partial charge on any atom is 0.291 e. The van der Waals surface area contributed by atoms with Crippen molar-refractivity contribution in [1.29, 1.82) is 0 Å². The highest BCUT2D eigenvalue weighted by Gasteiger charge is 2.27. The normalized spacial score (nSPS) is 15.5. The number of aryl methyl sites for hydroxylation is 1. The van der Waals surface area contributed by atoms with Crippen molar-refractivity contribution in [2.45, 2.75) is 25.3 Å². The van der Waals surface area contributed by atoms with Crippen LogP contribution in [0.5, 0.6) is 0 Å². The average molecular weight is 429 g/mol. The Hall–Kier alpha value is -4.41. The Morgan fingerprint density at radius 1 is 1.12 bits per heavy atom. The summed E-state index contributed by atoms with van der Waals surface area (Å²) >= 11 is 0. The van der Waals surface area contributed by atoms with Crippen LogP contribution < -0.4 is 10.6 Å². The number of tetrazole rings is 1. The van der Waals surface area contributed by atoms with E-state index in [-0.39, 0.29) is 11.7 Å². The molecule has 4 N–H and O–H groups in total. The van der Waals surface area contributed by atoms with E-state index < -0.39 is 11.9 Å². The third-order valence-electron chi connectivity index (χ3n) is 5.24. The van der Waals surface area contributed by atoms with Gasteiger partial charge in [-0.15, -0.1) is 15.3 Å². The first-order chi connectivity index (χ1) is 15.7. The average Bonchev–Trinajstić information content (AvgIpc) is 3.48. The molecule has 1 aliphatic heterocycles. The third kappa shape index (κ3) is 4.08. The fraction of sp³-hybridized carbons (Fsp3) is 0.190. The molecule has 4 aromatic rings. The van der Waals surface area contributed by atoms with Gasteiger partial charge in [0.15, 0.2) is 0 Å². The number of carbonyl (C=O) groups excluding carboxylic acids is 2. The molecule has 3 heterocycles. The molecule has 2 aromatic heterocycles. The molecular weight excluding hydrogens is 410 g/mol. The summed E-state index contributed by atoms with van der Waals surface area (Å²) in [5, 5.41) is 26.4. The summed E-state index contributed by atoms with van der Waals surface area (Å²) in [6, 6.07) is 14.6. The lowest BCUT2D eigenvalue weighted by molar-refractivity contribution is -0.118. The van der Waals surface area contributed by atoms with Gasteiger partial charge in [-0.2, -0.15) is 5.21 Å². The van der Waals surface area contributed by atoms with Crippen molar-refractivity contribution in [1.82, 2.24) is 41.1 Å². The molecule has 0 saturated carbocycles. The van der Waals surface area contributed by atoms with Gasteiger partial charge in [-0.05, 0) is 47.4 Å². The quantitative estimate of drug-likeness (QED) is 0.372. The molecule has 0 aliphatic carbocycles. The van der Waals surface area contributed by atoms with Crippen LogP contribution in [0, 0.1) is 0 Å². The van der Waals surface area contributed by atoms with E-state index in [1.807, 2.05) is 42.5 Å². The van der Waals surface area contributed by atoms with Gasteiger partial charge in [0.1, 0.15) is 11.9 Å². The zero-order valence-corrected chi connectivity index (χ0v) is 16.9. The van der Waals surface area contributed by atoms with Crippen LogP contribution in [-0.4, -0.2) is 53.7 Å². The lowest BCUT2D eigenvalue weighted by atomic mass is 10.0. The van der Waals surface area contributed by atoms with E-state index in [0.717, 1.165) is 16.7 Å². The lowest BCUT2D eigenvalue weighted by Gasteiger charge is -2.13. The van der Waals surface area contributed by atoms with Gasteiger partial charge in [0.05, 0.1) is 0 Å². The minimum absolute atomic E-state index is 0.00452. The number of nitrogens with zero attached hydrogens (tertiary/aromatic N) is 5. The smallest absolute Gasteiger partial charge is 0.291 e. The van der Waals surface area contributed by atoms with Gasteiger partial charge in [0.25, 0.3) is 5.91 Å². The molecule has 0 spiro atoms. The number of aromatic amines is 2. The number of carbonyl (C=O) groups is 2. The Morgan fingerprint density at radius 2 is 2.00 bits per heavy atom. The van der Waals surface area contributed by atoms with E-state index in [2.05, 4.69) is 46.4 Å². The van der Waals surface area contributed by atoms with Crippen LogP contribution in [0.25, 0.3) is 11.4 Å². The molecule has 160 valence electrons. The molecule has 0 unspecified atom stereocenters. The third-order valence-corrected chi connectivity index (χ3v) is 5.24. The molecule has 11 heteroatoms. The van der Waals surface area contributed by atoms with E-state index in [0.29, 0.717) is 36.6 Å². The SMILES string of the molecule is O=C(N[C@H]1CCc2cc(-c3nn[nH]n3)ccc2NC1=O)c1n[nH]c(Cc2ccccc2)n1. The molecule has 1 atom stereocenters. The fourth-order valence-corrected chi connectivity index (χ4v) is 3.62. The second-order valence-electron chi connectivity index (χ2n) is 7.43. The van der Waals surface area contributed by atoms with Crippen LogP contribution in [0.3, 0.4) is 0 Å². The van der Waals surface area contributed by atoms with Crippen LogP contribution in [-0.2, 0) is 17.6 Å². The largest absolute Gasteiger partial charge is 0.337 e. The van der Waals surface area contributed by atoms with Crippen molar-refractivity contribution >= 4 is 17.5 Å². The highest BCUT2D eigenvalue weighted by molar-refractivity contribution is 6.00. The Labute approximate surface area is 182 Å². The van der Waals surface area contributed by atoms with Gasteiger partial charge >= 0.3 is 0 Å². The summed E-state index contributed by atoms with van der Waals surface area (Å²) in [7, 11) is 0. The first-order valence-corrected chi connectivity index (χ1v) is 10.1. The zero-order valence-electron chi connectivity index (χ0n) is 16.9. The topological polar surface area (TPSA) is 154 Å². The van der Waals surface area contributed by atoms with Crippen LogP contribution in [0.2, 0.25) is 0 Å². The van der Waals surface area contributed by atoms with E-state index in [4.69, 9.17) is 0 Å². The number of rotatable bonds is 5. The van der Waals surface area contributed by atoms with E-state index in [1.54, 1.807) is 6.07 Å². The van der Waals surface area contributed by atoms with Crippen molar-refractivity contribution in [3.05, 3.63) is 71.3 Å². The second-order valence-corrected chi connectivity index (χ2v) is 7.43. The van der Waals surface area contributed by atoms with Crippen LogP contribution in [0.15, 0.2) is 48.5 Å². The molecule has 2 aromatic carbocycles. The molecule has 1 aliphatic rings. The van der Waals surface area contributed by atoms with Gasteiger partial charge in [0, 0.05) is 17.7 Å². The molecular formula is C21H19N9O2. The summed E-state index contributed by atoms with van der Waals surface area (Å²) in [4.78, 5) is 29.6. The molecule has 32 heavy (non-hydrogen) atoms. The maximum atomic E-state index is 12.7. The van der Waals surface area contributed by atoms with Gasteiger partial charge in [-0.1, -0.05) is 30.3 Å². The van der Waals surface area contributed by atoms with E-state index >= 15 is 0 Å². The number of hydrogen-bond donors (Lipinski definition) is 4. The van der Waals surface area contributed by atoms with Crippen molar-refractivity contribution in [2.75, 3.05) is 5.32 Å². The summed E-state index contributed by atoms with van der Waals surface area (Å²) in [5.41, 5.74) is 3.47. The summed E-state index contributed by atoms with van der Waals surface area (Å²) < 4.78 is 0. The van der Waals surface area contributed by atoms with Gasteiger partial charge in [0.2, 0.25) is 17.6 Å². The Kier molecular flexibility index (Phi) is 5.12. The number of fused-ring (bicyclic) bond motifs is 1. The Bertz CT molecular complexity index is 1250. The zero-order chi connectivity index (χ0) is 21.9. The number of aromatic nitrogens is 7. The van der Waals surface area contributed by atoms with Crippen molar-refractivity contribution in [2.24, 2.45) is 0 Å². The number of H-pyrrole nitrogens is 2. The van der Waals surface area contributed by atoms with Gasteiger partial charge in [-0.3, -0.25) is 14.7 Å². The summed E-state index contributed by atoms with van der Waals surface area (Å²) in [5.74, 6) is 0.269. The monoisotopic (exact) mass is 429 g/mol. The van der Waals surface area contributed by atoms with E-state index in [1.165, 1.54) is 0 Å². The lowest BCUT2D eigenvalue weighted by Crippen LogP contribution is -2.43. The van der Waals surface area contributed by atoms with E-state index in [9.17, 15) is 9.59 Å². The number of benzene rings is 2. The van der Waals surface area contributed by atoms with Crippen molar-refractivity contribution in [3.8, 4) is 11.4 Å². The second kappa shape index (κ2) is 8.38. The molecule has 0 bridgehead atoms. The molecule has 5 rings (SSSR count). The summed E-state index contributed by atoms with van der Waals surface area (Å²) in [6.45, 7) is 0. The predicted octanol–water partition coefficient (Wildman–Crippen LogP) is 1.26. The van der Waals surface area contributed by atoms with Crippen LogP contribution in [0.4, 0.5) is 5.69 Å². The van der Waals surface area contributed by atoms with Crippen molar-refractivity contribution < 1.29 is 9.59 Å².